The Labute approximate surface area is 229 Å². The van der Waals surface area contributed by atoms with Crippen LogP contribution in [0.4, 0.5) is 13.2 Å². The highest BCUT2D eigenvalue weighted by molar-refractivity contribution is 7.89. The number of aryl methyl sites for hydroxylation is 2. The third kappa shape index (κ3) is 5.97. The molecule has 0 aromatic heterocycles. The molecule has 1 N–H and O–H groups in total. The number of benzene rings is 2. The minimum atomic E-state index is -4.59. The standard InChI is InChI=1S/C26H28ClF3N4O4S/c1-16-14-18(23(35)33(2)3)5-4-17(16)8-13-39(37,38)34-11-9-25(10-12-34)24(36)31-22(32-25)20-15-19(26(28,29)30)6-7-21(20)27/h4-7,14-15H,8-13H2,1-3H3,(H,31,32,36). The number of amides is 2. The Kier molecular flexibility index (Phi) is 7.85. The molecule has 0 aliphatic carbocycles. The van der Waals surface area contributed by atoms with Crippen molar-refractivity contribution in [1.29, 1.82) is 0 Å². The Morgan fingerprint density at radius 1 is 1.15 bits per heavy atom. The number of nitrogens with zero attached hydrogens (tertiary/aromatic N) is 3. The van der Waals surface area contributed by atoms with Crippen LogP contribution < -0.4 is 5.32 Å². The van der Waals surface area contributed by atoms with Crippen molar-refractivity contribution in [2.45, 2.75) is 37.9 Å². The molecule has 2 aliphatic rings. The average molecular weight is 585 g/mol. The smallest absolute Gasteiger partial charge is 0.345 e. The molecule has 2 aliphatic heterocycles. The zero-order chi connectivity index (χ0) is 28.8. The van der Waals surface area contributed by atoms with E-state index in [2.05, 4.69) is 10.3 Å². The normalized spacial score (nSPS) is 17.7. The van der Waals surface area contributed by atoms with Crippen LogP contribution in [-0.2, 0) is 27.4 Å². The summed E-state index contributed by atoms with van der Waals surface area (Å²) in [5.74, 6) is -0.843. The summed E-state index contributed by atoms with van der Waals surface area (Å²) in [6.07, 6.45) is -4.18. The molecule has 8 nitrogen and oxygen atoms in total. The maximum atomic E-state index is 13.2. The molecule has 0 saturated carbocycles. The molecule has 0 bridgehead atoms. The fraction of sp³-hybridized carbons (Fsp3) is 0.423. The van der Waals surface area contributed by atoms with Crippen LogP contribution in [0.25, 0.3) is 0 Å². The zero-order valence-corrected chi connectivity index (χ0v) is 23.2. The number of piperidine rings is 1. The fourth-order valence-electron chi connectivity index (χ4n) is 4.74. The van der Waals surface area contributed by atoms with Gasteiger partial charge < -0.3 is 10.2 Å². The number of alkyl halides is 3. The van der Waals surface area contributed by atoms with Crippen molar-refractivity contribution in [2.24, 2.45) is 4.99 Å². The van der Waals surface area contributed by atoms with Gasteiger partial charge in [0.25, 0.3) is 11.8 Å². The van der Waals surface area contributed by atoms with Gasteiger partial charge in [-0.05, 0) is 67.6 Å². The van der Waals surface area contributed by atoms with Crippen molar-refractivity contribution in [3.05, 3.63) is 69.2 Å². The van der Waals surface area contributed by atoms with Gasteiger partial charge in [0.05, 0.1) is 16.3 Å². The van der Waals surface area contributed by atoms with Crippen molar-refractivity contribution in [2.75, 3.05) is 32.9 Å². The number of hydrogen-bond acceptors (Lipinski definition) is 5. The predicted molar refractivity (Wildman–Crippen MR) is 141 cm³/mol. The van der Waals surface area contributed by atoms with E-state index in [1.807, 2.05) is 6.92 Å². The topological polar surface area (TPSA) is 99.2 Å². The molecular formula is C26H28ClF3N4O4S. The Bertz CT molecular complexity index is 1450. The van der Waals surface area contributed by atoms with Crippen molar-refractivity contribution in [1.82, 2.24) is 14.5 Å². The zero-order valence-electron chi connectivity index (χ0n) is 21.6. The van der Waals surface area contributed by atoms with Crippen LogP contribution in [0.15, 0.2) is 41.4 Å². The van der Waals surface area contributed by atoms with Crippen LogP contribution in [0.2, 0.25) is 5.02 Å². The summed E-state index contributed by atoms with van der Waals surface area (Å²) in [6, 6.07) is 7.95. The van der Waals surface area contributed by atoms with Crippen molar-refractivity contribution in [3.63, 3.8) is 0 Å². The summed E-state index contributed by atoms with van der Waals surface area (Å²) < 4.78 is 67.1. The van der Waals surface area contributed by atoms with Crippen LogP contribution in [0.3, 0.4) is 0 Å². The first kappa shape index (κ1) is 29.0. The molecule has 1 saturated heterocycles. The van der Waals surface area contributed by atoms with E-state index in [1.54, 1.807) is 32.3 Å². The van der Waals surface area contributed by atoms with E-state index >= 15 is 0 Å². The minimum absolute atomic E-state index is 0.00789. The highest BCUT2D eigenvalue weighted by Gasteiger charge is 2.48. The van der Waals surface area contributed by atoms with Crippen LogP contribution in [0.5, 0.6) is 0 Å². The molecule has 2 heterocycles. The van der Waals surface area contributed by atoms with Crippen molar-refractivity contribution >= 4 is 39.3 Å². The molecule has 1 spiro atoms. The van der Waals surface area contributed by atoms with Crippen molar-refractivity contribution in [3.8, 4) is 0 Å². The molecule has 0 unspecified atom stereocenters. The van der Waals surface area contributed by atoms with Gasteiger partial charge in [-0.3, -0.25) is 14.6 Å². The summed E-state index contributed by atoms with van der Waals surface area (Å²) in [6.45, 7) is 1.90. The highest BCUT2D eigenvalue weighted by Crippen LogP contribution is 2.35. The summed E-state index contributed by atoms with van der Waals surface area (Å²) >= 11 is 6.11. The third-order valence-corrected chi connectivity index (χ3v) is 9.30. The maximum Gasteiger partial charge on any atom is 0.416 e. The molecular weight excluding hydrogens is 557 g/mol. The lowest BCUT2D eigenvalue weighted by Gasteiger charge is -2.34. The first-order valence-electron chi connectivity index (χ1n) is 12.2. The van der Waals surface area contributed by atoms with Crippen LogP contribution in [0, 0.1) is 6.92 Å². The Morgan fingerprint density at radius 2 is 1.82 bits per heavy atom. The fourth-order valence-corrected chi connectivity index (χ4v) is 6.42. The van der Waals surface area contributed by atoms with E-state index in [4.69, 9.17) is 11.6 Å². The van der Waals surface area contributed by atoms with E-state index in [9.17, 15) is 31.2 Å². The maximum absolute atomic E-state index is 13.2. The quantitative estimate of drug-likeness (QED) is 0.560. The number of sulfonamides is 1. The van der Waals surface area contributed by atoms with E-state index in [0.29, 0.717) is 5.56 Å². The first-order valence-corrected chi connectivity index (χ1v) is 14.2. The third-order valence-electron chi connectivity index (χ3n) is 7.10. The number of carbonyl (C=O) groups excluding carboxylic acids is 2. The second-order valence-electron chi connectivity index (χ2n) is 9.94. The summed E-state index contributed by atoms with van der Waals surface area (Å²) in [4.78, 5) is 30.9. The van der Waals surface area contributed by atoms with Gasteiger partial charge in [0, 0.05) is 38.3 Å². The lowest BCUT2D eigenvalue weighted by molar-refractivity contribution is -0.137. The minimum Gasteiger partial charge on any atom is -0.345 e. The Morgan fingerprint density at radius 3 is 2.41 bits per heavy atom. The van der Waals surface area contributed by atoms with Gasteiger partial charge in [0.1, 0.15) is 11.4 Å². The number of rotatable bonds is 6. The van der Waals surface area contributed by atoms with Crippen LogP contribution in [0.1, 0.15) is 45.5 Å². The van der Waals surface area contributed by atoms with E-state index in [0.717, 1.165) is 29.3 Å². The summed E-state index contributed by atoms with van der Waals surface area (Å²) in [5, 5.41) is 2.55. The Hall–Kier alpha value is -2.96. The number of carbonyl (C=O) groups is 2. The van der Waals surface area contributed by atoms with Gasteiger partial charge >= 0.3 is 6.18 Å². The molecule has 0 atom stereocenters. The summed E-state index contributed by atoms with van der Waals surface area (Å²) in [7, 11) is -0.353. The lowest BCUT2D eigenvalue weighted by Crippen LogP contribution is -2.50. The van der Waals surface area contributed by atoms with Gasteiger partial charge in [-0.15, -0.1) is 0 Å². The molecule has 2 aromatic carbocycles. The van der Waals surface area contributed by atoms with E-state index in [1.165, 1.54) is 9.21 Å². The van der Waals surface area contributed by atoms with Crippen LogP contribution in [-0.4, -0.2) is 73.7 Å². The first-order chi connectivity index (χ1) is 18.1. The summed E-state index contributed by atoms with van der Waals surface area (Å²) in [5.41, 5.74) is -0.0930. The average Bonchev–Trinajstić information content (AvgIpc) is 3.17. The molecule has 39 heavy (non-hydrogen) atoms. The molecule has 2 amide bonds. The molecule has 0 radical (unpaired) electrons. The lowest BCUT2D eigenvalue weighted by atomic mass is 9.89. The largest absolute Gasteiger partial charge is 0.416 e. The predicted octanol–water partition coefficient (Wildman–Crippen LogP) is 3.65. The molecule has 210 valence electrons. The monoisotopic (exact) mass is 584 g/mol. The number of halogens is 4. The van der Waals surface area contributed by atoms with Crippen LogP contribution >= 0.6 is 11.6 Å². The number of nitrogens with one attached hydrogen (secondary N) is 1. The number of amidine groups is 1. The number of hydrogen-bond donors (Lipinski definition) is 1. The SMILES string of the molecule is Cc1cc(C(=O)N(C)C)ccc1CCS(=O)(=O)N1CCC2(CC1)N=C(c1cc(C(F)(F)F)ccc1Cl)NC2=O. The van der Waals surface area contributed by atoms with Gasteiger partial charge in [-0.25, -0.2) is 12.7 Å². The molecule has 2 aromatic rings. The van der Waals surface area contributed by atoms with Gasteiger partial charge in [-0.1, -0.05) is 17.7 Å². The second kappa shape index (κ2) is 10.5. The van der Waals surface area contributed by atoms with E-state index < -0.39 is 33.2 Å². The van der Waals surface area contributed by atoms with Crippen molar-refractivity contribution < 1.29 is 31.2 Å². The molecule has 13 heteroatoms. The number of aliphatic imine (C=N–C) groups is 1. The van der Waals surface area contributed by atoms with Gasteiger partial charge in [0.2, 0.25) is 10.0 Å². The van der Waals surface area contributed by atoms with E-state index in [-0.39, 0.29) is 60.4 Å². The van der Waals surface area contributed by atoms with Gasteiger partial charge in [0.15, 0.2) is 0 Å². The van der Waals surface area contributed by atoms with Gasteiger partial charge in [-0.2, -0.15) is 13.2 Å². The second-order valence-corrected chi connectivity index (χ2v) is 12.4. The highest BCUT2D eigenvalue weighted by atomic mass is 35.5. The Balaban J connectivity index is 1.44. The molecule has 1 fully saturated rings. The molecule has 4 rings (SSSR count).